The van der Waals surface area contributed by atoms with Crippen LogP contribution in [0.2, 0.25) is 5.02 Å². The molecule has 0 aliphatic heterocycles. The maximum Gasteiger partial charge on any atom is 0.280 e. The Morgan fingerprint density at radius 1 is 1.19 bits per heavy atom. The van der Waals surface area contributed by atoms with Crippen LogP contribution in [0.3, 0.4) is 0 Å². The average molecular weight is 388 g/mol. The number of fused-ring (bicyclic) bond motifs is 1. The third kappa shape index (κ3) is 3.71. The van der Waals surface area contributed by atoms with Crippen molar-refractivity contribution in [2.45, 2.75) is 32.6 Å². The first-order chi connectivity index (χ1) is 12.8. The van der Waals surface area contributed by atoms with Gasteiger partial charge in [-0.05, 0) is 36.8 Å². The molecule has 27 heavy (non-hydrogen) atoms. The second kappa shape index (κ2) is 7.48. The van der Waals surface area contributed by atoms with Gasteiger partial charge in [0.1, 0.15) is 11.6 Å². The minimum Gasteiger partial charge on any atom is -0.273 e. The molecule has 140 valence electrons. The Morgan fingerprint density at radius 2 is 1.89 bits per heavy atom. The van der Waals surface area contributed by atoms with E-state index in [1.807, 2.05) is 13.8 Å². The number of hydrogen-bond donors (Lipinski definition) is 1. The minimum atomic E-state index is -0.650. The topological polar surface area (TPSA) is 64.0 Å². The van der Waals surface area contributed by atoms with Crippen LogP contribution in [0.5, 0.6) is 0 Å². The minimum absolute atomic E-state index is 0.136. The molecule has 0 bridgehead atoms. The Morgan fingerprint density at radius 3 is 2.56 bits per heavy atom. The lowest BCUT2D eigenvalue weighted by atomic mass is 10.0. The number of nitrogens with zero attached hydrogens (tertiary/aromatic N) is 2. The monoisotopic (exact) mass is 387 g/mol. The van der Waals surface area contributed by atoms with E-state index in [9.17, 15) is 14.0 Å². The summed E-state index contributed by atoms with van der Waals surface area (Å²) in [4.78, 5) is 30.1. The molecule has 2 aromatic carbocycles. The fourth-order valence-electron chi connectivity index (χ4n) is 2.82. The van der Waals surface area contributed by atoms with E-state index < -0.39 is 23.2 Å². The van der Waals surface area contributed by atoms with Gasteiger partial charge >= 0.3 is 0 Å². The molecule has 3 aromatic rings. The quantitative estimate of drug-likeness (QED) is 0.730. The maximum atomic E-state index is 13.5. The van der Waals surface area contributed by atoms with Gasteiger partial charge in [0.15, 0.2) is 0 Å². The van der Waals surface area contributed by atoms with Crippen molar-refractivity contribution in [3.8, 4) is 0 Å². The van der Waals surface area contributed by atoms with E-state index in [0.717, 1.165) is 4.68 Å². The van der Waals surface area contributed by atoms with Crippen LogP contribution >= 0.6 is 11.6 Å². The normalized spacial score (nSPS) is 12.4. The van der Waals surface area contributed by atoms with Crippen LogP contribution in [0.25, 0.3) is 10.9 Å². The lowest BCUT2D eigenvalue weighted by Crippen LogP contribution is -2.38. The Labute approximate surface area is 160 Å². The molecule has 1 N–H and O–H groups in total. The number of hydrogen-bond acceptors (Lipinski definition) is 3. The van der Waals surface area contributed by atoms with Crippen LogP contribution in [0.4, 0.5) is 4.39 Å². The van der Waals surface area contributed by atoms with Crippen LogP contribution in [-0.2, 0) is 4.79 Å². The van der Waals surface area contributed by atoms with Crippen molar-refractivity contribution in [2.24, 2.45) is 0 Å². The zero-order valence-corrected chi connectivity index (χ0v) is 15.9. The van der Waals surface area contributed by atoms with E-state index in [0.29, 0.717) is 27.3 Å². The van der Waals surface area contributed by atoms with Crippen LogP contribution in [-0.4, -0.2) is 15.6 Å². The molecule has 0 radical (unpaired) electrons. The Balaban J connectivity index is 2.05. The van der Waals surface area contributed by atoms with E-state index >= 15 is 0 Å². The summed E-state index contributed by atoms with van der Waals surface area (Å²) >= 11 is 6.18. The summed E-state index contributed by atoms with van der Waals surface area (Å²) in [7, 11) is 0. The van der Waals surface area contributed by atoms with E-state index in [1.165, 1.54) is 12.1 Å². The van der Waals surface area contributed by atoms with Crippen molar-refractivity contribution in [3.05, 3.63) is 75.0 Å². The van der Waals surface area contributed by atoms with Gasteiger partial charge < -0.3 is 0 Å². The van der Waals surface area contributed by atoms with Gasteiger partial charge in [-0.15, -0.1) is 0 Å². The van der Waals surface area contributed by atoms with Crippen molar-refractivity contribution in [1.29, 1.82) is 0 Å². The predicted molar refractivity (Wildman–Crippen MR) is 104 cm³/mol. The lowest BCUT2D eigenvalue weighted by Gasteiger charge is -2.19. The highest BCUT2D eigenvalue weighted by molar-refractivity contribution is 6.34. The molecule has 0 saturated carbocycles. The number of benzene rings is 2. The van der Waals surface area contributed by atoms with E-state index in [2.05, 4.69) is 10.4 Å². The number of carbonyl (C=O) groups excluding carboxylic acids is 1. The first-order valence-corrected chi connectivity index (χ1v) is 8.95. The second-order valence-corrected chi connectivity index (χ2v) is 7.06. The molecular weight excluding hydrogens is 369 g/mol. The van der Waals surface area contributed by atoms with Crippen molar-refractivity contribution < 1.29 is 9.18 Å². The fraction of sp³-hybridized carbons (Fsp3) is 0.250. The summed E-state index contributed by atoms with van der Waals surface area (Å²) in [5.74, 6) is -1.26. The zero-order chi connectivity index (χ0) is 19.7. The van der Waals surface area contributed by atoms with Gasteiger partial charge in [-0.2, -0.15) is 0 Å². The van der Waals surface area contributed by atoms with E-state index in [4.69, 9.17) is 11.6 Å². The number of rotatable bonds is 4. The fourth-order valence-corrected chi connectivity index (χ4v) is 3.04. The van der Waals surface area contributed by atoms with E-state index in [-0.39, 0.29) is 5.92 Å². The summed E-state index contributed by atoms with van der Waals surface area (Å²) < 4.78 is 14.6. The molecule has 1 heterocycles. The first-order valence-electron chi connectivity index (χ1n) is 8.57. The molecule has 0 aliphatic rings. The molecule has 0 spiro atoms. The summed E-state index contributed by atoms with van der Waals surface area (Å²) in [5.41, 5.74) is 3.13. The molecule has 3 rings (SSSR count). The largest absolute Gasteiger partial charge is 0.280 e. The molecule has 1 unspecified atom stereocenters. The third-order valence-corrected chi connectivity index (χ3v) is 4.66. The summed E-state index contributed by atoms with van der Waals surface area (Å²) in [6.07, 6.45) is 0. The van der Waals surface area contributed by atoms with Crippen molar-refractivity contribution in [3.63, 3.8) is 0 Å². The molecular formula is C20H19ClFN3O2. The number of halogens is 2. The van der Waals surface area contributed by atoms with Crippen LogP contribution in [0.15, 0.2) is 47.3 Å². The predicted octanol–water partition coefficient (Wildman–Crippen LogP) is 4.19. The first kappa shape index (κ1) is 19.0. The molecule has 1 amide bonds. The van der Waals surface area contributed by atoms with Crippen molar-refractivity contribution in [2.75, 3.05) is 5.43 Å². The van der Waals surface area contributed by atoms with Gasteiger partial charge in [0.05, 0.1) is 21.8 Å². The Hall–Kier alpha value is -2.73. The molecule has 0 fully saturated rings. The number of amides is 1. The SMILES string of the molecule is CC(C)c1nc2c(Cl)cccc2c(=O)n1NC(=O)C(C)c1cccc(F)c1. The number of para-hydroxylation sites is 1. The summed E-state index contributed by atoms with van der Waals surface area (Å²) in [6.45, 7) is 5.38. The van der Waals surface area contributed by atoms with Gasteiger partial charge in [0.2, 0.25) is 5.91 Å². The number of nitrogens with one attached hydrogen (secondary N) is 1. The van der Waals surface area contributed by atoms with Crippen LogP contribution < -0.4 is 11.0 Å². The molecule has 5 nitrogen and oxygen atoms in total. The molecule has 7 heteroatoms. The van der Waals surface area contributed by atoms with Crippen LogP contribution in [0.1, 0.15) is 44.0 Å². The molecule has 1 atom stereocenters. The third-order valence-electron chi connectivity index (χ3n) is 4.36. The van der Waals surface area contributed by atoms with Crippen LogP contribution in [0, 0.1) is 5.82 Å². The highest BCUT2D eigenvalue weighted by atomic mass is 35.5. The second-order valence-electron chi connectivity index (χ2n) is 6.65. The van der Waals surface area contributed by atoms with Crippen molar-refractivity contribution >= 4 is 28.4 Å². The standard InChI is InChI=1S/C20H19ClFN3O2/c1-11(2)18-23-17-15(8-5-9-16(17)21)20(27)25(18)24-19(26)12(3)13-6-4-7-14(22)10-13/h4-12H,1-3H3,(H,24,26). The van der Waals surface area contributed by atoms with Gasteiger partial charge in [0.25, 0.3) is 5.56 Å². The molecule has 1 aromatic heterocycles. The number of aromatic nitrogens is 2. The number of carbonyl (C=O) groups is 1. The van der Waals surface area contributed by atoms with Gasteiger partial charge in [0, 0.05) is 5.92 Å². The lowest BCUT2D eigenvalue weighted by molar-refractivity contribution is -0.118. The molecule has 0 aliphatic carbocycles. The maximum absolute atomic E-state index is 13.5. The Bertz CT molecular complexity index is 1080. The zero-order valence-electron chi connectivity index (χ0n) is 15.2. The average Bonchev–Trinajstić information content (AvgIpc) is 2.63. The smallest absolute Gasteiger partial charge is 0.273 e. The van der Waals surface area contributed by atoms with Gasteiger partial charge in [-0.1, -0.05) is 43.6 Å². The van der Waals surface area contributed by atoms with Gasteiger partial charge in [-0.25, -0.2) is 14.1 Å². The highest BCUT2D eigenvalue weighted by Gasteiger charge is 2.21. The van der Waals surface area contributed by atoms with Gasteiger partial charge in [-0.3, -0.25) is 15.0 Å². The highest BCUT2D eigenvalue weighted by Crippen LogP contribution is 2.22. The summed E-state index contributed by atoms with van der Waals surface area (Å²) in [6, 6.07) is 10.7. The summed E-state index contributed by atoms with van der Waals surface area (Å²) in [5, 5.41) is 0.684. The van der Waals surface area contributed by atoms with Crippen molar-refractivity contribution in [1.82, 2.24) is 9.66 Å². The molecule has 0 saturated heterocycles. The van der Waals surface area contributed by atoms with E-state index in [1.54, 1.807) is 37.3 Å². The Kier molecular flexibility index (Phi) is 5.28.